The first-order valence-electron chi connectivity index (χ1n) is 18.5. The van der Waals surface area contributed by atoms with Gasteiger partial charge in [0.15, 0.2) is 17.9 Å². The molecule has 4 aliphatic heterocycles. The third-order valence-corrected chi connectivity index (χ3v) is 14.7. The van der Waals surface area contributed by atoms with E-state index >= 15 is 0 Å². The van der Waals surface area contributed by atoms with Crippen LogP contribution in [0.1, 0.15) is 113 Å². The van der Waals surface area contributed by atoms with Crippen LogP contribution in [0.3, 0.4) is 0 Å². The van der Waals surface area contributed by atoms with Gasteiger partial charge < -0.3 is 38.3 Å². The SMILES string of the molecule is C[C@H]([C@@H](O)[C@@H]1O[C@@H]1C(C)(C)O[C@@H]1CCCCO1)[C@H]1CC[C@H]2[C@@H]3CC4(OCCO4)C4C[C@@H]5OC(C)(C)O[C@@H]5C[C@]4(C)[C@H]3CC[C@]12C. The minimum absolute atomic E-state index is 0.0887. The van der Waals surface area contributed by atoms with Crippen molar-refractivity contribution in [3.63, 3.8) is 0 Å². The summed E-state index contributed by atoms with van der Waals surface area (Å²) in [6, 6.07) is 0. The highest BCUT2D eigenvalue weighted by Crippen LogP contribution is 2.71. The van der Waals surface area contributed by atoms with E-state index in [2.05, 4.69) is 48.5 Å². The lowest BCUT2D eigenvalue weighted by atomic mass is 9.42. The van der Waals surface area contributed by atoms with Crippen molar-refractivity contribution < 1.29 is 38.3 Å². The molecule has 14 atom stereocenters. The summed E-state index contributed by atoms with van der Waals surface area (Å²) in [5.74, 6) is 1.69. The smallest absolute Gasteiger partial charge is 0.172 e. The molecule has 1 N–H and O–H groups in total. The van der Waals surface area contributed by atoms with E-state index in [9.17, 15) is 5.11 Å². The second-order valence-electron chi connectivity index (χ2n) is 17.9. The van der Waals surface area contributed by atoms with Gasteiger partial charge in [-0.25, -0.2) is 0 Å². The number of hydrogen-bond acceptors (Lipinski definition) is 8. The molecule has 4 saturated carbocycles. The van der Waals surface area contributed by atoms with E-state index in [1.54, 1.807) is 0 Å². The number of ether oxygens (including phenoxy) is 7. The highest BCUT2D eigenvalue weighted by atomic mass is 16.8. The summed E-state index contributed by atoms with van der Waals surface area (Å²) in [5, 5.41) is 11.8. The Morgan fingerprint density at radius 2 is 1.58 bits per heavy atom. The fraction of sp³-hybridized carbons (Fsp3) is 1.00. The van der Waals surface area contributed by atoms with E-state index < -0.39 is 23.3 Å². The maximum Gasteiger partial charge on any atom is 0.172 e. The Morgan fingerprint density at radius 1 is 0.844 bits per heavy atom. The topological polar surface area (TPSA) is 88.1 Å². The lowest BCUT2D eigenvalue weighted by Crippen LogP contribution is -2.65. The number of rotatable bonds is 6. The summed E-state index contributed by atoms with van der Waals surface area (Å²) in [4.78, 5) is 0. The molecule has 0 aromatic rings. The van der Waals surface area contributed by atoms with Crippen LogP contribution >= 0.6 is 0 Å². The maximum atomic E-state index is 11.8. The van der Waals surface area contributed by atoms with Gasteiger partial charge in [0.2, 0.25) is 0 Å². The van der Waals surface area contributed by atoms with Gasteiger partial charge in [-0.2, -0.15) is 0 Å². The van der Waals surface area contributed by atoms with E-state index in [1.807, 2.05) is 0 Å². The molecule has 8 aliphatic rings. The first-order valence-corrected chi connectivity index (χ1v) is 18.5. The Kier molecular flexibility index (Phi) is 7.69. The summed E-state index contributed by atoms with van der Waals surface area (Å²) in [7, 11) is 0. The van der Waals surface area contributed by atoms with Crippen LogP contribution in [-0.2, 0) is 33.2 Å². The monoisotopic (exact) mass is 632 g/mol. The third-order valence-electron chi connectivity index (χ3n) is 14.7. The normalized spacial score (nSPS) is 51.2. The van der Waals surface area contributed by atoms with Gasteiger partial charge in [-0.15, -0.1) is 0 Å². The van der Waals surface area contributed by atoms with Crippen molar-refractivity contribution in [2.24, 2.45) is 46.3 Å². The number of epoxide rings is 1. The van der Waals surface area contributed by atoms with E-state index in [0.29, 0.717) is 42.8 Å². The Labute approximate surface area is 270 Å². The Morgan fingerprint density at radius 3 is 2.31 bits per heavy atom. The molecule has 256 valence electrons. The zero-order valence-corrected chi connectivity index (χ0v) is 28.9. The molecule has 8 fully saturated rings. The van der Waals surface area contributed by atoms with Gasteiger partial charge in [-0.3, -0.25) is 0 Å². The fourth-order valence-electron chi connectivity index (χ4n) is 12.7. The average Bonchev–Trinajstić information content (AvgIpc) is 3.40. The summed E-state index contributed by atoms with van der Waals surface area (Å²) in [5.41, 5.74) is -0.214. The third kappa shape index (κ3) is 5.04. The van der Waals surface area contributed by atoms with Gasteiger partial charge >= 0.3 is 0 Å². The first-order chi connectivity index (χ1) is 21.3. The van der Waals surface area contributed by atoms with Crippen molar-refractivity contribution in [1.29, 1.82) is 0 Å². The number of aliphatic hydroxyl groups is 1. The van der Waals surface area contributed by atoms with Crippen LogP contribution in [0.2, 0.25) is 0 Å². The molecule has 0 radical (unpaired) electrons. The van der Waals surface area contributed by atoms with Crippen LogP contribution in [0.15, 0.2) is 0 Å². The van der Waals surface area contributed by atoms with E-state index in [-0.39, 0.29) is 47.5 Å². The van der Waals surface area contributed by atoms with Gasteiger partial charge in [0.25, 0.3) is 0 Å². The van der Waals surface area contributed by atoms with Gasteiger partial charge in [-0.05, 0) is 126 Å². The number of aliphatic hydroxyl groups excluding tert-OH is 1. The minimum atomic E-state index is -0.529. The van der Waals surface area contributed by atoms with Crippen molar-refractivity contribution in [3.8, 4) is 0 Å². The molecular weight excluding hydrogens is 572 g/mol. The van der Waals surface area contributed by atoms with Crippen LogP contribution in [-0.4, -0.2) is 78.9 Å². The molecule has 4 heterocycles. The first kappa shape index (κ1) is 31.9. The largest absolute Gasteiger partial charge is 0.390 e. The Balaban J connectivity index is 0.995. The molecule has 0 aromatic heterocycles. The quantitative estimate of drug-likeness (QED) is 0.346. The summed E-state index contributed by atoms with van der Waals surface area (Å²) in [6.45, 7) is 17.8. The molecule has 0 bridgehead atoms. The van der Waals surface area contributed by atoms with Gasteiger partial charge in [-0.1, -0.05) is 20.8 Å². The summed E-state index contributed by atoms with van der Waals surface area (Å²) < 4.78 is 44.8. The fourth-order valence-corrected chi connectivity index (χ4v) is 12.7. The molecule has 4 aliphatic carbocycles. The maximum absolute atomic E-state index is 11.8. The predicted octanol–water partition coefficient (Wildman–Crippen LogP) is 6.21. The van der Waals surface area contributed by atoms with Crippen LogP contribution in [0.25, 0.3) is 0 Å². The minimum Gasteiger partial charge on any atom is -0.390 e. The van der Waals surface area contributed by atoms with E-state index in [1.165, 1.54) is 25.7 Å². The molecule has 0 amide bonds. The molecule has 0 aromatic carbocycles. The standard InChI is InChI=1S/C37H60O8/c1-21(30(38)31-32(42-31)33(2,3)45-29-10-8-9-15-39-29)23-11-12-24-22-19-37(40-16-17-41-37)28-18-26-27(44-34(4,5)43-26)20-36(28,7)25(22)13-14-35(23,24)6/h21-32,38H,8-20H2,1-7H3/t21-,22-,23+,24-,25-,26-,27+,28?,29+,30+,31-,32-,35+,36+/m0/s1. The molecule has 1 unspecified atom stereocenters. The van der Waals surface area contributed by atoms with E-state index in [4.69, 9.17) is 33.2 Å². The molecule has 1 spiro atoms. The predicted molar refractivity (Wildman–Crippen MR) is 167 cm³/mol. The van der Waals surface area contributed by atoms with Crippen molar-refractivity contribution >= 4 is 0 Å². The second kappa shape index (κ2) is 10.8. The van der Waals surface area contributed by atoms with Crippen molar-refractivity contribution in [2.75, 3.05) is 19.8 Å². The zero-order valence-electron chi connectivity index (χ0n) is 28.9. The van der Waals surface area contributed by atoms with Gasteiger partial charge in [0.1, 0.15) is 12.2 Å². The molecular formula is C37H60O8. The summed E-state index contributed by atoms with van der Waals surface area (Å²) in [6.07, 6.45) is 10.3. The highest BCUT2D eigenvalue weighted by molar-refractivity contribution is 5.16. The molecule has 8 rings (SSSR count). The molecule has 8 heteroatoms. The van der Waals surface area contributed by atoms with Gasteiger partial charge in [0, 0.05) is 18.9 Å². The van der Waals surface area contributed by atoms with Crippen LogP contribution in [0.5, 0.6) is 0 Å². The number of hydrogen-bond donors (Lipinski definition) is 1. The number of fused-ring (bicyclic) bond motifs is 7. The zero-order chi connectivity index (χ0) is 31.6. The van der Waals surface area contributed by atoms with Crippen molar-refractivity contribution in [1.82, 2.24) is 0 Å². The Hall–Kier alpha value is -0.320. The lowest BCUT2D eigenvalue weighted by molar-refractivity contribution is -0.301. The highest BCUT2D eigenvalue weighted by Gasteiger charge is 2.70. The van der Waals surface area contributed by atoms with Gasteiger partial charge in [0.05, 0.1) is 37.1 Å². The van der Waals surface area contributed by atoms with Crippen LogP contribution in [0.4, 0.5) is 0 Å². The van der Waals surface area contributed by atoms with Crippen LogP contribution in [0, 0.1) is 46.3 Å². The molecule has 8 nitrogen and oxygen atoms in total. The summed E-state index contributed by atoms with van der Waals surface area (Å²) >= 11 is 0. The van der Waals surface area contributed by atoms with E-state index in [0.717, 1.165) is 45.1 Å². The second-order valence-corrected chi connectivity index (χ2v) is 17.9. The van der Waals surface area contributed by atoms with Crippen LogP contribution < -0.4 is 0 Å². The lowest BCUT2D eigenvalue weighted by Gasteiger charge is -2.65. The van der Waals surface area contributed by atoms with Crippen molar-refractivity contribution in [2.45, 2.75) is 167 Å². The van der Waals surface area contributed by atoms with Crippen molar-refractivity contribution in [3.05, 3.63) is 0 Å². The molecule has 45 heavy (non-hydrogen) atoms. The molecule has 4 saturated heterocycles. The average molecular weight is 633 g/mol. The Bertz CT molecular complexity index is 1110.